The van der Waals surface area contributed by atoms with Crippen LogP contribution < -0.4 is 4.90 Å². The van der Waals surface area contributed by atoms with Crippen LogP contribution in [0.1, 0.15) is 5.69 Å². The lowest BCUT2D eigenvalue weighted by atomic mass is 10.2. The number of hydrogen-bond acceptors (Lipinski definition) is 4. The van der Waals surface area contributed by atoms with E-state index in [-0.39, 0.29) is 5.82 Å². The van der Waals surface area contributed by atoms with Gasteiger partial charge >= 0.3 is 0 Å². The molecule has 5 heteroatoms. The molecule has 0 unspecified atom stereocenters. The van der Waals surface area contributed by atoms with Gasteiger partial charge in [-0.05, 0) is 24.3 Å². The lowest BCUT2D eigenvalue weighted by Crippen LogP contribution is -2.46. The van der Waals surface area contributed by atoms with Crippen molar-refractivity contribution >= 4 is 5.69 Å². The van der Waals surface area contributed by atoms with Crippen molar-refractivity contribution in [3.8, 4) is 11.5 Å². The molecule has 1 aromatic heterocycles. The fraction of sp³-hybridized carbons (Fsp3) is 0.250. The van der Waals surface area contributed by atoms with Gasteiger partial charge < -0.3 is 9.32 Å². The maximum absolute atomic E-state index is 13.9. The van der Waals surface area contributed by atoms with Crippen LogP contribution in [0.5, 0.6) is 0 Å². The van der Waals surface area contributed by atoms with Crippen molar-refractivity contribution in [1.29, 1.82) is 0 Å². The van der Waals surface area contributed by atoms with Crippen molar-refractivity contribution in [2.24, 2.45) is 0 Å². The van der Waals surface area contributed by atoms with Crippen LogP contribution in [0.2, 0.25) is 0 Å². The average Bonchev–Trinajstić information content (AvgIpc) is 3.12. The molecule has 128 valence electrons. The molecule has 0 spiro atoms. The zero-order valence-corrected chi connectivity index (χ0v) is 13.9. The first-order valence-corrected chi connectivity index (χ1v) is 8.51. The first kappa shape index (κ1) is 15.8. The molecule has 0 amide bonds. The molecule has 25 heavy (non-hydrogen) atoms. The molecule has 0 atom stereocenters. The van der Waals surface area contributed by atoms with Crippen molar-refractivity contribution in [2.75, 3.05) is 31.1 Å². The Hall–Kier alpha value is -2.66. The Balaban J connectivity index is 1.36. The van der Waals surface area contributed by atoms with Crippen LogP contribution >= 0.6 is 0 Å². The van der Waals surface area contributed by atoms with Gasteiger partial charge in [-0.1, -0.05) is 30.3 Å². The number of halogens is 1. The summed E-state index contributed by atoms with van der Waals surface area (Å²) in [5, 5.41) is 0. The molecule has 0 radical (unpaired) electrons. The summed E-state index contributed by atoms with van der Waals surface area (Å²) in [4.78, 5) is 9.01. The highest BCUT2D eigenvalue weighted by Crippen LogP contribution is 2.22. The number of benzene rings is 2. The number of hydrogen-bond donors (Lipinski definition) is 0. The molecule has 1 aliphatic heterocycles. The molecule has 0 aliphatic carbocycles. The van der Waals surface area contributed by atoms with Crippen LogP contribution in [0, 0.1) is 5.82 Å². The summed E-state index contributed by atoms with van der Waals surface area (Å²) in [5.74, 6) is 0.501. The van der Waals surface area contributed by atoms with Gasteiger partial charge in [-0.2, -0.15) is 0 Å². The molecule has 2 aromatic carbocycles. The SMILES string of the molecule is Fc1ccccc1N1CCN(Cc2coc(-c3ccccc3)n2)CC1. The molecule has 4 nitrogen and oxygen atoms in total. The zero-order valence-electron chi connectivity index (χ0n) is 13.9. The van der Waals surface area contributed by atoms with Crippen molar-refractivity contribution in [3.05, 3.63) is 72.4 Å². The second-order valence-corrected chi connectivity index (χ2v) is 6.22. The molecular formula is C20H20FN3O. The summed E-state index contributed by atoms with van der Waals surface area (Å²) in [6.07, 6.45) is 1.73. The van der Waals surface area contributed by atoms with E-state index in [9.17, 15) is 4.39 Å². The van der Waals surface area contributed by atoms with E-state index in [0.717, 1.165) is 44.0 Å². The van der Waals surface area contributed by atoms with Crippen molar-refractivity contribution in [2.45, 2.75) is 6.54 Å². The van der Waals surface area contributed by atoms with Crippen LogP contribution in [0.25, 0.3) is 11.5 Å². The van der Waals surface area contributed by atoms with E-state index in [4.69, 9.17) is 4.42 Å². The van der Waals surface area contributed by atoms with E-state index in [2.05, 4.69) is 14.8 Å². The van der Waals surface area contributed by atoms with E-state index in [1.165, 1.54) is 6.07 Å². The van der Waals surface area contributed by atoms with Crippen LogP contribution in [0.15, 0.2) is 65.3 Å². The highest BCUT2D eigenvalue weighted by molar-refractivity contribution is 5.52. The predicted octanol–water partition coefficient (Wildman–Crippen LogP) is 3.80. The molecule has 0 bridgehead atoms. The van der Waals surface area contributed by atoms with Crippen molar-refractivity contribution < 1.29 is 8.81 Å². The molecule has 1 fully saturated rings. The highest BCUT2D eigenvalue weighted by Gasteiger charge is 2.20. The second kappa shape index (κ2) is 7.07. The molecule has 4 rings (SSSR count). The molecular weight excluding hydrogens is 317 g/mol. The van der Waals surface area contributed by atoms with Gasteiger partial charge in [-0.3, -0.25) is 4.90 Å². The minimum Gasteiger partial charge on any atom is -0.444 e. The Bertz CT molecular complexity index is 826. The maximum atomic E-state index is 13.9. The van der Waals surface area contributed by atoms with Gasteiger partial charge in [0.2, 0.25) is 5.89 Å². The summed E-state index contributed by atoms with van der Waals surface area (Å²) in [7, 11) is 0. The normalized spacial score (nSPS) is 15.5. The van der Waals surface area contributed by atoms with E-state index >= 15 is 0 Å². The topological polar surface area (TPSA) is 32.5 Å². The van der Waals surface area contributed by atoms with Gasteiger partial charge in [0.1, 0.15) is 12.1 Å². The van der Waals surface area contributed by atoms with E-state index in [1.54, 1.807) is 12.3 Å². The van der Waals surface area contributed by atoms with Crippen LogP contribution in [-0.4, -0.2) is 36.1 Å². The van der Waals surface area contributed by atoms with Crippen LogP contribution in [0.4, 0.5) is 10.1 Å². The van der Waals surface area contributed by atoms with Gasteiger partial charge in [0, 0.05) is 38.3 Å². The Labute approximate surface area is 146 Å². The van der Waals surface area contributed by atoms with Gasteiger partial charge in [0.25, 0.3) is 0 Å². The van der Waals surface area contributed by atoms with Gasteiger partial charge in [0.15, 0.2) is 0 Å². The lowest BCUT2D eigenvalue weighted by molar-refractivity contribution is 0.246. The smallest absolute Gasteiger partial charge is 0.226 e. The number of oxazole rings is 1. The zero-order chi connectivity index (χ0) is 17.1. The minimum absolute atomic E-state index is 0.153. The molecule has 0 saturated carbocycles. The summed E-state index contributed by atoms with van der Waals surface area (Å²) in [5.41, 5.74) is 2.60. The van der Waals surface area contributed by atoms with Gasteiger partial charge in [0.05, 0.1) is 11.4 Å². The number of anilines is 1. The predicted molar refractivity (Wildman–Crippen MR) is 95.8 cm³/mol. The second-order valence-electron chi connectivity index (χ2n) is 6.22. The molecule has 1 aliphatic rings. The Morgan fingerprint density at radius 2 is 1.64 bits per heavy atom. The number of nitrogens with zero attached hydrogens (tertiary/aromatic N) is 3. The summed E-state index contributed by atoms with van der Waals surface area (Å²) < 4.78 is 19.5. The number of rotatable bonds is 4. The van der Waals surface area contributed by atoms with E-state index in [0.29, 0.717) is 11.6 Å². The summed E-state index contributed by atoms with van der Waals surface area (Å²) in [6, 6.07) is 16.9. The third-order valence-electron chi connectivity index (χ3n) is 4.52. The third kappa shape index (κ3) is 3.56. The van der Waals surface area contributed by atoms with Crippen LogP contribution in [0.3, 0.4) is 0 Å². The monoisotopic (exact) mass is 337 g/mol. The fourth-order valence-electron chi connectivity index (χ4n) is 3.18. The minimum atomic E-state index is -0.153. The Kier molecular flexibility index (Phi) is 4.48. The Morgan fingerprint density at radius 3 is 2.40 bits per heavy atom. The molecule has 2 heterocycles. The highest BCUT2D eigenvalue weighted by atomic mass is 19.1. The summed E-state index contributed by atoms with van der Waals surface area (Å²) >= 11 is 0. The standard InChI is InChI=1S/C20H20FN3O/c21-18-8-4-5-9-19(18)24-12-10-23(11-13-24)14-17-15-25-20(22-17)16-6-2-1-3-7-16/h1-9,15H,10-14H2. The van der Waals surface area contributed by atoms with Gasteiger partial charge in [-0.15, -0.1) is 0 Å². The summed E-state index contributed by atoms with van der Waals surface area (Å²) in [6.45, 7) is 4.12. The number of para-hydroxylation sites is 1. The first-order chi connectivity index (χ1) is 12.3. The van der Waals surface area contributed by atoms with Crippen LogP contribution in [-0.2, 0) is 6.54 Å². The first-order valence-electron chi connectivity index (χ1n) is 8.51. The van der Waals surface area contributed by atoms with E-state index in [1.807, 2.05) is 42.5 Å². The number of aromatic nitrogens is 1. The quantitative estimate of drug-likeness (QED) is 0.725. The maximum Gasteiger partial charge on any atom is 0.226 e. The van der Waals surface area contributed by atoms with E-state index < -0.39 is 0 Å². The Morgan fingerprint density at radius 1 is 0.920 bits per heavy atom. The molecule has 3 aromatic rings. The molecule has 0 N–H and O–H groups in total. The largest absolute Gasteiger partial charge is 0.444 e. The van der Waals surface area contributed by atoms with Gasteiger partial charge in [-0.25, -0.2) is 9.37 Å². The fourth-order valence-corrected chi connectivity index (χ4v) is 3.18. The third-order valence-corrected chi connectivity index (χ3v) is 4.52. The number of piperazine rings is 1. The molecule has 1 saturated heterocycles. The van der Waals surface area contributed by atoms with Crippen molar-refractivity contribution in [3.63, 3.8) is 0 Å². The lowest BCUT2D eigenvalue weighted by Gasteiger charge is -2.35. The van der Waals surface area contributed by atoms with Crippen molar-refractivity contribution in [1.82, 2.24) is 9.88 Å². The average molecular weight is 337 g/mol.